The average molecular weight is 271 g/mol. The average Bonchev–Trinajstić information content (AvgIpc) is 2.47. The maximum Gasteiger partial charge on any atom is 0.259 e. The number of rotatable bonds is 5. The maximum atomic E-state index is 12.0. The minimum atomic E-state index is -1.61. The summed E-state index contributed by atoms with van der Waals surface area (Å²) < 4.78 is 5.42. The van der Waals surface area contributed by atoms with Crippen LogP contribution in [0.25, 0.3) is 0 Å². The Kier molecular flexibility index (Phi) is 4.38. The second-order valence-corrected chi connectivity index (χ2v) is 4.70. The highest BCUT2D eigenvalue weighted by Gasteiger charge is 2.31. The molecule has 2 aromatic carbocycles. The van der Waals surface area contributed by atoms with E-state index >= 15 is 0 Å². The molecule has 0 fully saturated rings. The molecule has 0 saturated heterocycles. The van der Waals surface area contributed by atoms with Gasteiger partial charge in [-0.25, -0.2) is 0 Å². The fourth-order valence-electron chi connectivity index (χ4n) is 1.59. The van der Waals surface area contributed by atoms with Crippen molar-refractivity contribution in [2.24, 2.45) is 0 Å². The highest BCUT2D eigenvalue weighted by Crippen LogP contribution is 2.14. The van der Waals surface area contributed by atoms with Crippen LogP contribution in [0.3, 0.4) is 0 Å². The monoisotopic (exact) mass is 271 g/mol. The molecule has 1 atom stereocenters. The highest BCUT2D eigenvalue weighted by molar-refractivity contribution is 5.96. The number of aliphatic hydroxyl groups is 1. The van der Waals surface area contributed by atoms with E-state index < -0.39 is 11.5 Å². The Hall–Kier alpha value is -2.33. The number of carbonyl (C=O) groups excluding carboxylic acids is 1. The van der Waals surface area contributed by atoms with Gasteiger partial charge in [0.25, 0.3) is 5.91 Å². The van der Waals surface area contributed by atoms with Crippen molar-refractivity contribution in [1.82, 2.24) is 0 Å². The fraction of sp³-hybridized carbons (Fsp3) is 0.188. The summed E-state index contributed by atoms with van der Waals surface area (Å²) in [6.07, 6.45) is 0. The van der Waals surface area contributed by atoms with Gasteiger partial charge in [-0.3, -0.25) is 4.79 Å². The third kappa shape index (κ3) is 3.83. The van der Waals surface area contributed by atoms with Crippen molar-refractivity contribution in [3.8, 4) is 5.75 Å². The van der Waals surface area contributed by atoms with E-state index in [0.717, 1.165) is 0 Å². The largest absolute Gasteiger partial charge is 0.490 e. The highest BCUT2D eigenvalue weighted by atomic mass is 16.5. The number of carbonyl (C=O) groups is 1. The third-order valence-corrected chi connectivity index (χ3v) is 2.78. The van der Waals surface area contributed by atoms with E-state index in [4.69, 9.17) is 4.74 Å². The van der Waals surface area contributed by atoms with E-state index in [2.05, 4.69) is 5.32 Å². The SMILES string of the molecule is CC(O)(COc1ccccc1)C(=O)Nc1ccccc1. The molecule has 0 aliphatic rings. The van der Waals surface area contributed by atoms with E-state index in [1.165, 1.54) is 6.92 Å². The lowest BCUT2D eigenvalue weighted by Crippen LogP contribution is -2.45. The molecule has 4 nitrogen and oxygen atoms in total. The summed E-state index contributed by atoms with van der Waals surface area (Å²) in [5, 5.41) is 12.8. The molecule has 0 saturated carbocycles. The van der Waals surface area contributed by atoms with Crippen LogP contribution < -0.4 is 10.1 Å². The number of amides is 1. The fourth-order valence-corrected chi connectivity index (χ4v) is 1.59. The minimum absolute atomic E-state index is 0.115. The standard InChI is InChI=1S/C16H17NO3/c1-16(19,12-20-14-10-6-3-7-11-14)15(18)17-13-8-4-2-5-9-13/h2-11,19H,12H2,1H3,(H,17,18). The Morgan fingerprint density at radius 3 is 2.25 bits per heavy atom. The van der Waals surface area contributed by atoms with Gasteiger partial charge in [0.1, 0.15) is 12.4 Å². The molecule has 20 heavy (non-hydrogen) atoms. The number of nitrogens with one attached hydrogen (secondary N) is 1. The molecule has 0 bridgehead atoms. The summed E-state index contributed by atoms with van der Waals surface area (Å²) in [6.45, 7) is 1.31. The Labute approximate surface area is 118 Å². The van der Waals surface area contributed by atoms with Gasteiger partial charge in [-0.2, -0.15) is 0 Å². The number of anilines is 1. The molecule has 2 aromatic rings. The third-order valence-electron chi connectivity index (χ3n) is 2.78. The van der Waals surface area contributed by atoms with Gasteiger partial charge in [-0.15, -0.1) is 0 Å². The van der Waals surface area contributed by atoms with E-state index in [9.17, 15) is 9.90 Å². The number of ether oxygens (including phenoxy) is 1. The Balaban J connectivity index is 1.94. The Morgan fingerprint density at radius 2 is 1.65 bits per heavy atom. The first-order valence-corrected chi connectivity index (χ1v) is 6.35. The molecule has 2 rings (SSSR count). The van der Waals surface area contributed by atoms with Crippen LogP contribution in [-0.4, -0.2) is 23.2 Å². The van der Waals surface area contributed by atoms with Gasteiger partial charge in [0.05, 0.1) is 0 Å². The predicted molar refractivity (Wildman–Crippen MR) is 77.6 cm³/mol. The zero-order valence-corrected chi connectivity index (χ0v) is 11.2. The first kappa shape index (κ1) is 14.1. The summed E-state index contributed by atoms with van der Waals surface area (Å²) in [5.74, 6) is 0.111. The summed E-state index contributed by atoms with van der Waals surface area (Å²) >= 11 is 0. The molecule has 0 aromatic heterocycles. The molecule has 1 amide bonds. The number of para-hydroxylation sites is 2. The molecule has 0 spiro atoms. The topological polar surface area (TPSA) is 58.6 Å². The maximum absolute atomic E-state index is 12.0. The first-order valence-electron chi connectivity index (χ1n) is 6.35. The van der Waals surface area contributed by atoms with Crippen molar-refractivity contribution < 1.29 is 14.6 Å². The van der Waals surface area contributed by atoms with Crippen LogP contribution in [0, 0.1) is 0 Å². The Bertz CT molecular complexity index is 552. The summed E-state index contributed by atoms with van der Waals surface area (Å²) in [4.78, 5) is 12.0. The number of hydrogen-bond acceptors (Lipinski definition) is 3. The molecular weight excluding hydrogens is 254 g/mol. The zero-order chi connectivity index (χ0) is 14.4. The van der Waals surface area contributed by atoms with Crippen LogP contribution in [0.15, 0.2) is 60.7 Å². The molecule has 0 aliphatic heterocycles. The summed E-state index contributed by atoms with van der Waals surface area (Å²) in [6, 6.07) is 18.0. The van der Waals surface area contributed by atoms with Crippen molar-refractivity contribution in [2.45, 2.75) is 12.5 Å². The molecular formula is C16H17NO3. The van der Waals surface area contributed by atoms with Gasteiger partial charge < -0.3 is 15.2 Å². The Morgan fingerprint density at radius 1 is 1.10 bits per heavy atom. The van der Waals surface area contributed by atoms with Gasteiger partial charge in [0, 0.05) is 5.69 Å². The van der Waals surface area contributed by atoms with E-state index in [0.29, 0.717) is 11.4 Å². The quantitative estimate of drug-likeness (QED) is 0.878. The lowest BCUT2D eigenvalue weighted by atomic mass is 10.1. The van der Waals surface area contributed by atoms with E-state index in [1.54, 1.807) is 24.3 Å². The molecule has 0 aliphatic carbocycles. The second kappa shape index (κ2) is 6.21. The lowest BCUT2D eigenvalue weighted by Gasteiger charge is -2.22. The zero-order valence-electron chi connectivity index (χ0n) is 11.2. The van der Waals surface area contributed by atoms with Crippen LogP contribution in [0.1, 0.15) is 6.92 Å². The summed E-state index contributed by atoms with van der Waals surface area (Å²) in [7, 11) is 0. The molecule has 104 valence electrons. The van der Waals surface area contributed by atoms with Gasteiger partial charge in [0.2, 0.25) is 0 Å². The molecule has 2 N–H and O–H groups in total. The van der Waals surface area contributed by atoms with Gasteiger partial charge in [-0.1, -0.05) is 36.4 Å². The van der Waals surface area contributed by atoms with Crippen molar-refractivity contribution >= 4 is 11.6 Å². The van der Waals surface area contributed by atoms with E-state index in [-0.39, 0.29) is 6.61 Å². The number of hydrogen-bond donors (Lipinski definition) is 2. The minimum Gasteiger partial charge on any atom is -0.490 e. The van der Waals surface area contributed by atoms with Crippen LogP contribution in [0.4, 0.5) is 5.69 Å². The van der Waals surface area contributed by atoms with Crippen molar-refractivity contribution in [3.63, 3.8) is 0 Å². The molecule has 4 heteroatoms. The van der Waals surface area contributed by atoms with Crippen LogP contribution in [0.5, 0.6) is 5.75 Å². The molecule has 1 unspecified atom stereocenters. The summed E-state index contributed by atoms with van der Waals surface area (Å²) in [5.41, 5.74) is -0.969. The van der Waals surface area contributed by atoms with Crippen LogP contribution >= 0.6 is 0 Å². The molecule has 0 heterocycles. The predicted octanol–water partition coefficient (Wildman–Crippen LogP) is 2.46. The van der Waals surface area contributed by atoms with Gasteiger partial charge in [0.15, 0.2) is 5.60 Å². The van der Waals surface area contributed by atoms with Crippen LogP contribution in [-0.2, 0) is 4.79 Å². The van der Waals surface area contributed by atoms with Crippen molar-refractivity contribution in [1.29, 1.82) is 0 Å². The van der Waals surface area contributed by atoms with E-state index in [1.807, 2.05) is 36.4 Å². The second-order valence-electron chi connectivity index (χ2n) is 4.70. The number of benzene rings is 2. The van der Waals surface area contributed by atoms with Crippen molar-refractivity contribution in [2.75, 3.05) is 11.9 Å². The normalized spacial score (nSPS) is 13.3. The molecule has 0 radical (unpaired) electrons. The smallest absolute Gasteiger partial charge is 0.259 e. The van der Waals surface area contributed by atoms with Gasteiger partial charge >= 0.3 is 0 Å². The van der Waals surface area contributed by atoms with Crippen molar-refractivity contribution in [3.05, 3.63) is 60.7 Å². The van der Waals surface area contributed by atoms with Crippen LogP contribution in [0.2, 0.25) is 0 Å². The first-order chi connectivity index (χ1) is 9.58. The lowest BCUT2D eigenvalue weighted by molar-refractivity contribution is -0.135. The van der Waals surface area contributed by atoms with Gasteiger partial charge in [-0.05, 0) is 31.2 Å².